The molecule has 2 aromatic rings. The molecule has 2 rings (SSSR count). The molecule has 0 unspecified atom stereocenters. The Morgan fingerprint density at radius 3 is 2.43 bits per heavy atom. The number of carbonyl (C=O) groups excluding carboxylic acids is 1. The molecule has 0 heterocycles. The number of hydrogen-bond acceptors (Lipinski definition) is 5. The lowest BCUT2D eigenvalue weighted by atomic mass is 10.1. The molecular weight excluding hydrogens is 380 g/mol. The van der Waals surface area contributed by atoms with Crippen LogP contribution in [-0.2, 0) is 10.0 Å². The van der Waals surface area contributed by atoms with E-state index in [9.17, 15) is 13.2 Å². The van der Waals surface area contributed by atoms with E-state index < -0.39 is 15.9 Å². The van der Waals surface area contributed by atoms with Crippen molar-refractivity contribution in [2.45, 2.75) is 25.2 Å². The lowest BCUT2D eigenvalue weighted by Crippen LogP contribution is -2.28. The maximum Gasteiger partial charge on any atom is 0.252 e. The van der Waals surface area contributed by atoms with Crippen molar-refractivity contribution in [3.8, 4) is 11.5 Å². The summed E-state index contributed by atoms with van der Waals surface area (Å²) in [5.74, 6) is 0.628. The van der Waals surface area contributed by atoms with Crippen LogP contribution < -0.4 is 19.9 Å². The number of hydrogen-bond donors (Lipinski definition) is 2. The van der Waals surface area contributed by atoms with E-state index in [1.54, 1.807) is 12.1 Å². The zero-order valence-corrected chi connectivity index (χ0v) is 16.9. The van der Waals surface area contributed by atoms with Gasteiger partial charge in [0.1, 0.15) is 18.1 Å². The third-order valence-electron chi connectivity index (χ3n) is 3.89. The van der Waals surface area contributed by atoms with Crippen LogP contribution in [0.15, 0.2) is 53.4 Å². The quantitative estimate of drug-likeness (QED) is 0.558. The lowest BCUT2D eigenvalue weighted by molar-refractivity contribution is 0.0996. The molecule has 0 fully saturated rings. The van der Waals surface area contributed by atoms with Crippen molar-refractivity contribution < 1.29 is 22.7 Å². The second-order valence-electron chi connectivity index (χ2n) is 6.61. The van der Waals surface area contributed by atoms with Gasteiger partial charge in [-0.15, -0.1) is 0 Å². The van der Waals surface area contributed by atoms with Gasteiger partial charge in [-0.25, -0.2) is 13.1 Å². The number of para-hydroxylation sites is 1. The van der Waals surface area contributed by atoms with E-state index >= 15 is 0 Å². The van der Waals surface area contributed by atoms with E-state index in [1.165, 1.54) is 18.2 Å². The Bertz CT molecular complexity index is 883. The van der Waals surface area contributed by atoms with Crippen LogP contribution in [0.3, 0.4) is 0 Å². The van der Waals surface area contributed by atoms with Gasteiger partial charge in [-0.05, 0) is 42.7 Å². The standard InChI is InChI=1S/C20H26N2O5S/c1-15(2)10-12-27-19-9-8-17(14-18(19)20(21)23)28(24,25)22-11-13-26-16-6-4-3-5-7-16/h3-9,14-15,22H,10-13H2,1-2H3,(H2,21,23). The van der Waals surface area contributed by atoms with Crippen LogP contribution >= 0.6 is 0 Å². The van der Waals surface area contributed by atoms with E-state index in [4.69, 9.17) is 15.2 Å². The minimum Gasteiger partial charge on any atom is -0.493 e. The molecule has 7 nitrogen and oxygen atoms in total. The van der Waals surface area contributed by atoms with E-state index in [-0.39, 0.29) is 29.4 Å². The summed E-state index contributed by atoms with van der Waals surface area (Å²) in [5.41, 5.74) is 5.42. The molecule has 0 spiro atoms. The zero-order valence-electron chi connectivity index (χ0n) is 16.1. The Hall–Kier alpha value is -2.58. The van der Waals surface area contributed by atoms with Gasteiger partial charge in [0.05, 0.1) is 17.1 Å². The van der Waals surface area contributed by atoms with Crippen molar-refractivity contribution in [1.29, 1.82) is 0 Å². The summed E-state index contributed by atoms with van der Waals surface area (Å²) in [6, 6.07) is 13.2. The number of amides is 1. The van der Waals surface area contributed by atoms with Gasteiger partial charge < -0.3 is 15.2 Å². The third-order valence-corrected chi connectivity index (χ3v) is 5.34. The maximum atomic E-state index is 12.5. The highest BCUT2D eigenvalue weighted by Crippen LogP contribution is 2.23. The number of carbonyl (C=O) groups is 1. The predicted molar refractivity (Wildman–Crippen MR) is 107 cm³/mol. The van der Waals surface area contributed by atoms with Crippen LogP contribution in [0, 0.1) is 5.92 Å². The van der Waals surface area contributed by atoms with E-state index in [2.05, 4.69) is 18.6 Å². The SMILES string of the molecule is CC(C)CCOc1ccc(S(=O)(=O)NCCOc2ccccc2)cc1C(N)=O. The van der Waals surface area contributed by atoms with Gasteiger partial charge in [0.2, 0.25) is 10.0 Å². The summed E-state index contributed by atoms with van der Waals surface area (Å²) in [7, 11) is -3.81. The van der Waals surface area contributed by atoms with Crippen molar-refractivity contribution in [2.75, 3.05) is 19.8 Å². The van der Waals surface area contributed by atoms with Crippen molar-refractivity contribution in [3.63, 3.8) is 0 Å². The van der Waals surface area contributed by atoms with Crippen LogP contribution in [0.2, 0.25) is 0 Å². The fourth-order valence-electron chi connectivity index (χ4n) is 2.34. The normalized spacial score (nSPS) is 11.4. The minimum atomic E-state index is -3.81. The first kappa shape index (κ1) is 21.7. The molecule has 0 aliphatic carbocycles. The first-order valence-corrected chi connectivity index (χ1v) is 10.5. The number of primary amides is 1. The summed E-state index contributed by atoms with van der Waals surface area (Å²) in [6.45, 7) is 4.78. The number of nitrogens with two attached hydrogens (primary N) is 1. The third kappa shape index (κ3) is 6.54. The molecule has 1 amide bonds. The molecule has 0 radical (unpaired) electrons. The number of benzene rings is 2. The molecule has 0 atom stereocenters. The average molecular weight is 407 g/mol. The largest absolute Gasteiger partial charge is 0.493 e. The maximum absolute atomic E-state index is 12.5. The van der Waals surface area contributed by atoms with Crippen LogP contribution in [0.1, 0.15) is 30.6 Å². The van der Waals surface area contributed by atoms with Crippen LogP contribution in [0.4, 0.5) is 0 Å². The monoisotopic (exact) mass is 406 g/mol. The van der Waals surface area contributed by atoms with Gasteiger partial charge in [0.25, 0.3) is 5.91 Å². The summed E-state index contributed by atoms with van der Waals surface area (Å²) >= 11 is 0. The first-order valence-electron chi connectivity index (χ1n) is 9.04. The Kier molecular flexibility index (Phi) is 7.83. The number of sulfonamides is 1. The van der Waals surface area contributed by atoms with Crippen LogP contribution in [0.25, 0.3) is 0 Å². The van der Waals surface area contributed by atoms with E-state index in [0.717, 1.165) is 6.42 Å². The van der Waals surface area contributed by atoms with E-state index in [0.29, 0.717) is 18.3 Å². The van der Waals surface area contributed by atoms with Gasteiger partial charge >= 0.3 is 0 Å². The van der Waals surface area contributed by atoms with Crippen LogP contribution in [-0.4, -0.2) is 34.1 Å². The predicted octanol–water partition coefficient (Wildman–Crippen LogP) is 2.57. The number of nitrogens with one attached hydrogen (secondary N) is 1. The number of rotatable bonds is 11. The summed E-state index contributed by atoms with van der Waals surface area (Å²) in [5, 5.41) is 0. The fourth-order valence-corrected chi connectivity index (χ4v) is 3.38. The second-order valence-corrected chi connectivity index (χ2v) is 8.38. The van der Waals surface area contributed by atoms with E-state index in [1.807, 2.05) is 18.2 Å². The van der Waals surface area contributed by atoms with Gasteiger partial charge in [-0.3, -0.25) is 4.79 Å². The molecule has 0 aliphatic heterocycles. The van der Waals surface area contributed by atoms with Crippen LogP contribution in [0.5, 0.6) is 11.5 Å². The molecular formula is C20H26N2O5S. The van der Waals surface area contributed by atoms with Crippen molar-refractivity contribution in [1.82, 2.24) is 4.72 Å². The van der Waals surface area contributed by atoms with Crippen molar-refractivity contribution in [2.24, 2.45) is 11.7 Å². The smallest absolute Gasteiger partial charge is 0.252 e. The Morgan fingerprint density at radius 1 is 1.07 bits per heavy atom. The molecule has 0 bridgehead atoms. The molecule has 0 aliphatic rings. The lowest BCUT2D eigenvalue weighted by Gasteiger charge is -2.13. The molecule has 152 valence electrons. The summed E-state index contributed by atoms with van der Waals surface area (Å²) < 4.78 is 38.4. The van der Waals surface area contributed by atoms with Crippen molar-refractivity contribution >= 4 is 15.9 Å². The fraction of sp³-hybridized carbons (Fsp3) is 0.350. The topological polar surface area (TPSA) is 108 Å². The highest BCUT2D eigenvalue weighted by atomic mass is 32.2. The zero-order chi connectivity index (χ0) is 20.6. The molecule has 8 heteroatoms. The molecule has 0 aromatic heterocycles. The van der Waals surface area contributed by atoms with Gasteiger partial charge in [-0.2, -0.15) is 0 Å². The Labute approximate surface area is 165 Å². The second kappa shape index (κ2) is 10.1. The highest BCUT2D eigenvalue weighted by molar-refractivity contribution is 7.89. The Balaban J connectivity index is 2.01. The summed E-state index contributed by atoms with van der Waals surface area (Å²) in [6.07, 6.45) is 0.807. The van der Waals surface area contributed by atoms with Crippen molar-refractivity contribution in [3.05, 3.63) is 54.1 Å². The molecule has 3 N–H and O–H groups in total. The number of ether oxygens (including phenoxy) is 2. The molecule has 0 saturated carbocycles. The summed E-state index contributed by atoms with van der Waals surface area (Å²) in [4.78, 5) is 11.7. The highest BCUT2D eigenvalue weighted by Gasteiger charge is 2.18. The molecule has 0 saturated heterocycles. The van der Waals surface area contributed by atoms with Gasteiger partial charge in [0.15, 0.2) is 0 Å². The minimum absolute atomic E-state index is 0.0344. The molecule has 28 heavy (non-hydrogen) atoms. The van der Waals surface area contributed by atoms with Gasteiger partial charge in [-0.1, -0.05) is 32.0 Å². The molecule has 2 aromatic carbocycles. The Morgan fingerprint density at radius 2 is 1.79 bits per heavy atom. The first-order chi connectivity index (χ1) is 13.3. The van der Waals surface area contributed by atoms with Gasteiger partial charge in [0, 0.05) is 6.54 Å². The average Bonchev–Trinajstić information content (AvgIpc) is 2.66.